The van der Waals surface area contributed by atoms with Crippen LogP contribution in [0.15, 0.2) is 30.3 Å². The predicted molar refractivity (Wildman–Crippen MR) is 143 cm³/mol. The van der Waals surface area contributed by atoms with Crippen LogP contribution in [0.3, 0.4) is 0 Å². The van der Waals surface area contributed by atoms with Gasteiger partial charge in [-0.2, -0.15) is 0 Å². The molecule has 4 atom stereocenters. The molecule has 0 bridgehead atoms. The van der Waals surface area contributed by atoms with Crippen LogP contribution in [0.4, 0.5) is 0 Å². The maximum atomic E-state index is 13.8. The molecule has 4 aliphatic rings. The third kappa shape index (κ3) is 5.83. The molecule has 2 saturated heterocycles. The number of aliphatic hydroxyl groups excluding tert-OH is 1. The van der Waals surface area contributed by atoms with Crippen LogP contribution in [0.5, 0.6) is 5.75 Å². The third-order valence-electron chi connectivity index (χ3n) is 9.42. The first kappa shape index (κ1) is 26.5. The lowest BCUT2D eigenvalue weighted by molar-refractivity contribution is -0.166. The second kappa shape index (κ2) is 11.7. The number of nitrogens with one attached hydrogen (secondary N) is 1. The van der Waals surface area contributed by atoms with Gasteiger partial charge in [-0.25, -0.2) is 0 Å². The molecule has 7 nitrogen and oxygen atoms in total. The largest absolute Gasteiger partial charge is 0.493 e. The number of nitrogens with zero attached hydrogens (tertiary/aromatic N) is 2. The first-order chi connectivity index (χ1) is 18.0. The van der Waals surface area contributed by atoms with Crippen LogP contribution >= 0.6 is 0 Å². The van der Waals surface area contributed by atoms with E-state index in [-0.39, 0.29) is 17.7 Å². The third-order valence-corrected chi connectivity index (χ3v) is 9.42. The average Bonchev–Trinajstić information content (AvgIpc) is 3.69. The number of carbonyl (C=O) groups excluding carboxylic acids is 2. The van der Waals surface area contributed by atoms with E-state index in [1.165, 1.54) is 12.8 Å². The lowest BCUT2D eigenvalue weighted by Crippen LogP contribution is -2.75. The minimum atomic E-state index is -0.798. The Bertz CT molecular complexity index is 911. The number of para-hydroxylation sites is 1. The smallest absolute Gasteiger partial charge is 0.248 e. The molecular weight excluding hydrogens is 466 g/mol. The van der Waals surface area contributed by atoms with Gasteiger partial charge in [0.1, 0.15) is 17.3 Å². The van der Waals surface area contributed by atoms with Gasteiger partial charge < -0.3 is 25.0 Å². The molecule has 0 radical (unpaired) electrons. The van der Waals surface area contributed by atoms with Gasteiger partial charge in [-0.15, -0.1) is 0 Å². The molecule has 5 rings (SSSR count). The minimum absolute atomic E-state index is 0.0525. The van der Waals surface area contributed by atoms with E-state index in [0.29, 0.717) is 31.2 Å². The number of piperazine rings is 1. The standard InChI is InChI=1S/C30H45N3O4/c1-2-3-16-33-28(35)26(27(34)22-10-6-4-7-11-22)31-29(36)30(33)14-17-32(18-15-30)20-23-19-24(23)21-37-25-12-8-5-9-13-25/h5,8-9,12-13,22-24,26-27,34H,2-4,6-7,10-11,14-21H2,1H3,(H,31,36)/t23-,24-,26+,27+/m0/s1. The highest BCUT2D eigenvalue weighted by Crippen LogP contribution is 2.41. The summed E-state index contributed by atoms with van der Waals surface area (Å²) in [6.07, 6.45) is 8.84. The normalized spacial score (nSPS) is 29.2. The lowest BCUT2D eigenvalue weighted by Gasteiger charge is -2.52. The number of hydrogen-bond donors (Lipinski definition) is 2. The highest BCUT2D eigenvalue weighted by atomic mass is 16.5. The topological polar surface area (TPSA) is 82.1 Å². The Morgan fingerprint density at radius 1 is 1.08 bits per heavy atom. The van der Waals surface area contributed by atoms with E-state index in [9.17, 15) is 14.7 Å². The van der Waals surface area contributed by atoms with E-state index >= 15 is 0 Å². The number of amides is 2. The van der Waals surface area contributed by atoms with Crippen LogP contribution in [-0.2, 0) is 9.59 Å². The number of likely N-dealkylation sites (tertiary alicyclic amines) is 1. The van der Waals surface area contributed by atoms with Crippen LogP contribution in [0.2, 0.25) is 0 Å². The van der Waals surface area contributed by atoms with Gasteiger partial charge in [-0.05, 0) is 68.4 Å². The molecule has 204 valence electrons. The number of unbranched alkanes of at least 4 members (excludes halogenated alkanes) is 1. The van der Waals surface area contributed by atoms with E-state index in [1.54, 1.807) is 0 Å². The Kier molecular flexibility index (Phi) is 8.40. The van der Waals surface area contributed by atoms with Gasteiger partial charge in [-0.1, -0.05) is 50.8 Å². The summed E-state index contributed by atoms with van der Waals surface area (Å²) in [7, 11) is 0. The van der Waals surface area contributed by atoms with Crippen molar-refractivity contribution in [1.29, 1.82) is 0 Å². The summed E-state index contributed by atoms with van der Waals surface area (Å²) in [5.41, 5.74) is -0.773. The van der Waals surface area contributed by atoms with Crippen molar-refractivity contribution in [2.45, 2.75) is 88.8 Å². The first-order valence-corrected chi connectivity index (χ1v) is 14.7. The second-order valence-corrected chi connectivity index (χ2v) is 11.9. The molecule has 0 unspecified atom stereocenters. The van der Waals surface area contributed by atoms with Gasteiger partial charge in [0, 0.05) is 26.2 Å². The van der Waals surface area contributed by atoms with E-state index in [4.69, 9.17) is 4.74 Å². The zero-order valence-electron chi connectivity index (χ0n) is 22.4. The second-order valence-electron chi connectivity index (χ2n) is 11.9. The predicted octanol–water partition coefficient (Wildman–Crippen LogP) is 3.60. The molecule has 2 aliphatic heterocycles. The highest BCUT2D eigenvalue weighted by molar-refractivity contribution is 6.00. The number of hydrogen-bond acceptors (Lipinski definition) is 5. The fourth-order valence-electron chi connectivity index (χ4n) is 6.85. The Morgan fingerprint density at radius 3 is 2.51 bits per heavy atom. The first-order valence-electron chi connectivity index (χ1n) is 14.7. The number of rotatable bonds is 10. The maximum Gasteiger partial charge on any atom is 0.248 e. The van der Waals surface area contributed by atoms with Crippen LogP contribution in [0.25, 0.3) is 0 Å². The molecule has 1 aromatic carbocycles. The Hall–Kier alpha value is -2.12. The van der Waals surface area contributed by atoms with Crippen molar-refractivity contribution in [3.05, 3.63) is 30.3 Å². The molecule has 1 spiro atoms. The van der Waals surface area contributed by atoms with Crippen molar-refractivity contribution in [2.24, 2.45) is 17.8 Å². The zero-order chi connectivity index (χ0) is 25.8. The number of ether oxygens (including phenoxy) is 1. The number of carbonyl (C=O) groups is 2. The van der Waals surface area contributed by atoms with Crippen molar-refractivity contribution in [3.63, 3.8) is 0 Å². The summed E-state index contributed by atoms with van der Waals surface area (Å²) >= 11 is 0. The van der Waals surface area contributed by atoms with E-state index in [2.05, 4.69) is 17.1 Å². The van der Waals surface area contributed by atoms with Crippen LogP contribution in [0, 0.1) is 17.8 Å². The van der Waals surface area contributed by atoms with Crippen molar-refractivity contribution < 1.29 is 19.4 Å². The Labute approximate surface area is 221 Å². The molecule has 2 amide bonds. The molecular formula is C30H45N3O4. The molecule has 4 fully saturated rings. The molecule has 0 aromatic heterocycles. The molecule has 2 saturated carbocycles. The quantitative estimate of drug-likeness (QED) is 0.502. The van der Waals surface area contributed by atoms with Crippen molar-refractivity contribution >= 4 is 11.8 Å². The van der Waals surface area contributed by atoms with Gasteiger partial charge in [0.25, 0.3) is 0 Å². The zero-order valence-corrected chi connectivity index (χ0v) is 22.4. The van der Waals surface area contributed by atoms with Gasteiger partial charge in [0.2, 0.25) is 11.8 Å². The molecule has 2 aliphatic carbocycles. The van der Waals surface area contributed by atoms with Crippen LogP contribution in [0.1, 0.15) is 71.1 Å². The lowest BCUT2D eigenvalue weighted by atomic mass is 9.78. The fraction of sp³-hybridized carbons (Fsp3) is 0.733. The Balaban J connectivity index is 1.17. The summed E-state index contributed by atoms with van der Waals surface area (Å²) in [6.45, 7) is 6.15. The summed E-state index contributed by atoms with van der Waals surface area (Å²) < 4.78 is 5.95. The fourth-order valence-corrected chi connectivity index (χ4v) is 6.85. The summed E-state index contributed by atoms with van der Waals surface area (Å²) in [5, 5.41) is 14.1. The maximum absolute atomic E-state index is 13.8. The van der Waals surface area contributed by atoms with E-state index in [0.717, 1.165) is 70.5 Å². The molecule has 2 N–H and O–H groups in total. The summed E-state index contributed by atoms with van der Waals surface area (Å²) in [6, 6.07) is 9.20. The van der Waals surface area contributed by atoms with Gasteiger partial charge in [-0.3, -0.25) is 9.59 Å². The summed E-state index contributed by atoms with van der Waals surface area (Å²) in [4.78, 5) is 31.8. The number of benzene rings is 1. The molecule has 7 heteroatoms. The molecule has 2 heterocycles. The van der Waals surface area contributed by atoms with Crippen molar-refractivity contribution in [3.8, 4) is 5.75 Å². The average molecular weight is 512 g/mol. The van der Waals surface area contributed by atoms with Gasteiger partial charge in [0.15, 0.2) is 0 Å². The van der Waals surface area contributed by atoms with E-state index in [1.807, 2.05) is 35.2 Å². The van der Waals surface area contributed by atoms with E-state index < -0.39 is 17.7 Å². The monoisotopic (exact) mass is 511 g/mol. The summed E-state index contributed by atoms with van der Waals surface area (Å²) in [5.74, 6) is 2.15. The number of piperidine rings is 1. The highest BCUT2D eigenvalue weighted by Gasteiger charge is 2.55. The van der Waals surface area contributed by atoms with Crippen LogP contribution < -0.4 is 10.1 Å². The van der Waals surface area contributed by atoms with Crippen molar-refractivity contribution in [2.75, 3.05) is 32.8 Å². The molecule has 1 aromatic rings. The molecule has 37 heavy (non-hydrogen) atoms. The van der Waals surface area contributed by atoms with Gasteiger partial charge in [0.05, 0.1) is 12.7 Å². The van der Waals surface area contributed by atoms with Crippen molar-refractivity contribution in [1.82, 2.24) is 15.1 Å². The minimum Gasteiger partial charge on any atom is -0.493 e. The Morgan fingerprint density at radius 2 is 1.81 bits per heavy atom. The van der Waals surface area contributed by atoms with Gasteiger partial charge >= 0.3 is 0 Å². The SMILES string of the molecule is CCCCN1C(=O)[C@@H]([C@H](O)C2CCCCC2)NC(=O)C12CCN(C[C@@H]1C[C@H]1COc1ccccc1)CC2. The number of aliphatic hydroxyl groups is 1. The van der Waals surface area contributed by atoms with Crippen LogP contribution in [-0.4, -0.2) is 77.2 Å².